The number of fused-ring (bicyclic) bond motifs is 1. The molecule has 1 aliphatic carbocycles. The highest BCUT2D eigenvalue weighted by Gasteiger charge is 2.31. The van der Waals surface area contributed by atoms with Crippen molar-refractivity contribution in [3.8, 4) is 0 Å². The third kappa shape index (κ3) is 8.88. The number of benzene rings is 4. The molecular formula is C42H39N3O5S2. The standard InChI is InChI=1S/C42H39N3O5S2/c1-26-12-10-13-28(22-26)24-34(44-38(46)30-16-8-5-9-17-30)39(47)43-31-18-11-19-32(25-31)51-37(29-14-6-4-7-15-29)40(48)45-41-36(42(49)50-3)33-21-20-27(2)23-35(33)52-41/h4-19,22,24-25,27,37H,20-21,23H2,1-3H3,(H,43,47)(H,44,46)(H,45,48)/b34-24+. The van der Waals surface area contributed by atoms with Gasteiger partial charge in [-0.3, -0.25) is 14.4 Å². The first-order valence-corrected chi connectivity index (χ1v) is 18.7. The van der Waals surface area contributed by atoms with E-state index in [1.807, 2.05) is 73.7 Å². The number of methoxy groups -OCH3 is 1. The molecule has 1 heterocycles. The molecule has 8 nitrogen and oxygen atoms in total. The van der Waals surface area contributed by atoms with Crippen molar-refractivity contribution in [1.29, 1.82) is 0 Å². The number of carbonyl (C=O) groups excluding carboxylic acids is 4. The van der Waals surface area contributed by atoms with Crippen LogP contribution >= 0.6 is 23.1 Å². The summed E-state index contributed by atoms with van der Waals surface area (Å²) in [5.41, 5.74) is 4.95. The van der Waals surface area contributed by atoms with Gasteiger partial charge in [0.2, 0.25) is 5.91 Å². The normalized spacial score (nSPS) is 14.4. The highest BCUT2D eigenvalue weighted by molar-refractivity contribution is 8.00. The van der Waals surface area contributed by atoms with Gasteiger partial charge >= 0.3 is 5.97 Å². The number of rotatable bonds is 11. The first kappa shape index (κ1) is 36.3. The Hall–Kier alpha value is -5.45. The molecule has 2 unspecified atom stereocenters. The number of thiophene rings is 1. The molecule has 1 aromatic heterocycles. The second-order valence-corrected chi connectivity index (χ2v) is 15.0. The first-order valence-electron chi connectivity index (χ1n) is 17.0. The average molecular weight is 730 g/mol. The average Bonchev–Trinajstić information content (AvgIpc) is 3.50. The van der Waals surface area contributed by atoms with Crippen molar-refractivity contribution in [2.24, 2.45) is 5.92 Å². The van der Waals surface area contributed by atoms with Gasteiger partial charge < -0.3 is 20.7 Å². The summed E-state index contributed by atoms with van der Waals surface area (Å²) in [6.45, 7) is 4.15. The molecule has 52 heavy (non-hydrogen) atoms. The molecule has 1 aliphatic rings. The Balaban J connectivity index is 1.25. The minimum atomic E-state index is -0.683. The Morgan fingerprint density at radius 1 is 0.885 bits per heavy atom. The van der Waals surface area contributed by atoms with Crippen LogP contribution in [0.4, 0.5) is 10.7 Å². The van der Waals surface area contributed by atoms with Gasteiger partial charge in [-0.05, 0) is 85.2 Å². The third-order valence-electron chi connectivity index (χ3n) is 8.71. The van der Waals surface area contributed by atoms with Crippen LogP contribution in [0, 0.1) is 12.8 Å². The van der Waals surface area contributed by atoms with Gasteiger partial charge in [0.1, 0.15) is 15.9 Å². The molecule has 6 rings (SSSR count). The number of aryl methyl sites for hydroxylation is 1. The van der Waals surface area contributed by atoms with Gasteiger partial charge in [0.15, 0.2) is 0 Å². The van der Waals surface area contributed by atoms with E-state index in [9.17, 15) is 19.2 Å². The van der Waals surface area contributed by atoms with Gasteiger partial charge in [-0.2, -0.15) is 0 Å². The van der Waals surface area contributed by atoms with E-state index < -0.39 is 23.0 Å². The molecule has 4 aromatic carbocycles. The lowest BCUT2D eigenvalue weighted by atomic mass is 9.88. The van der Waals surface area contributed by atoms with Gasteiger partial charge in [-0.1, -0.05) is 91.3 Å². The van der Waals surface area contributed by atoms with E-state index in [-0.39, 0.29) is 11.6 Å². The predicted molar refractivity (Wildman–Crippen MR) is 209 cm³/mol. The van der Waals surface area contributed by atoms with E-state index in [0.29, 0.717) is 27.7 Å². The Morgan fingerprint density at radius 2 is 1.62 bits per heavy atom. The Bertz CT molecular complexity index is 2130. The van der Waals surface area contributed by atoms with Gasteiger partial charge in [0.05, 0.1) is 12.7 Å². The van der Waals surface area contributed by atoms with E-state index in [1.165, 1.54) is 30.2 Å². The van der Waals surface area contributed by atoms with Crippen molar-refractivity contribution in [1.82, 2.24) is 5.32 Å². The second kappa shape index (κ2) is 16.7. The zero-order valence-corrected chi connectivity index (χ0v) is 30.7. The molecule has 264 valence electrons. The summed E-state index contributed by atoms with van der Waals surface area (Å²) in [6, 6.07) is 33.0. The van der Waals surface area contributed by atoms with E-state index in [4.69, 9.17) is 4.74 Å². The third-order valence-corrected chi connectivity index (χ3v) is 11.1. The number of carbonyl (C=O) groups is 4. The largest absolute Gasteiger partial charge is 0.465 e. The van der Waals surface area contributed by atoms with Crippen LogP contribution in [-0.4, -0.2) is 30.8 Å². The summed E-state index contributed by atoms with van der Waals surface area (Å²) in [4.78, 5) is 55.8. The van der Waals surface area contributed by atoms with Crippen LogP contribution in [0.5, 0.6) is 0 Å². The van der Waals surface area contributed by atoms with E-state index in [1.54, 1.807) is 48.5 Å². The smallest absolute Gasteiger partial charge is 0.341 e. The maximum Gasteiger partial charge on any atom is 0.341 e. The number of anilines is 2. The molecule has 0 aliphatic heterocycles. The fourth-order valence-electron chi connectivity index (χ4n) is 6.09. The summed E-state index contributed by atoms with van der Waals surface area (Å²) in [5, 5.41) is 8.61. The maximum absolute atomic E-state index is 14.1. The molecule has 3 N–H and O–H groups in total. The van der Waals surface area contributed by atoms with Gasteiger partial charge in [-0.15, -0.1) is 23.1 Å². The van der Waals surface area contributed by atoms with Crippen LogP contribution < -0.4 is 16.0 Å². The van der Waals surface area contributed by atoms with Crippen LogP contribution in [0.3, 0.4) is 0 Å². The SMILES string of the molecule is COC(=O)c1c(NC(=O)C(Sc2cccc(NC(=O)/C(=C\c3cccc(C)c3)NC(=O)c3ccccc3)c2)c2ccccc2)sc2c1CCC(C)C2. The van der Waals surface area contributed by atoms with E-state index >= 15 is 0 Å². The molecule has 0 bridgehead atoms. The lowest BCUT2D eigenvalue weighted by Gasteiger charge is -2.18. The molecule has 3 amide bonds. The number of hydrogen-bond donors (Lipinski definition) is 3. The van der Waals surface area contributed by atoms with E-state index in [0.717, 1.165) is 51.3 Å². The number of nitrogens with one attached hydrogen (secondary N) is 3. The maximum atomic E-state index is 14.1. The molecule has 0 fully saturated rings. The second-order valence-electron chi connectivity index (χ2n) is 12.7. The Labute approximate surface area is 311 Å². The summed E-state index contributed by atoms with van der Waals surface area (Å²) in [7, 11) is 1.36. The Morgan fingerprint density at radius 3 is 2.35 bits per heavy atom. The lowest BCUT2D eigenvalue weighted by molar-refractivity contribution is -0.116. The fraction of sp³-hybridized carbons (Fsp3) is 0.190. The molecule has 0 radical (unpaired) electrons. The monoisotopic (exact) mass is 729 g/mol. The van der Waals surface area contributed by atoms with Crippen LogP contribution in [0.2, 0.25) is 0 Å². The number of hydrogen-bond acceptors (Lipinski definition) is 7. The van der Waals surface area contributed by atoms with Crippen LogP contribution in [-0.2, 0) is 27.2 Å². The minimum absolute atomic E-state index is 0.0773. The van der Waals surface area contributed by atoms with Crippen molar-refractivity contribution in [2.75, 3.05) is 17.7 Å². The number of amides is 3. The molecule has 0 saturated carbocycles. The first-order chi connectivity index (χ1) is 25.2. The Kier molecular flexibility index (Phi) is 11.7. The van der Waals surface area contributed by atoms with Crippen LogP contribution in [0.25, 0.3) is 6.08 Å². The van der Waals surface area contributed by atoms with E-state index in [2.05, 4.69) is 22.9 Å². The number of esters is 1. The zero-order valence-electron chi connectivity index (χ0n) is 29.1. The molecular weight excluding hydrogens is 691 g/mol. The number of ether oxygens (including phenoxy) is 1. The molecule has 2 atom stereocenters. The topological polar surface area (TPSA) is 114 Å². The molecule has 0 saturated heterocycles. The van der Waals surface area contributed by atoms with Crippen molar-refractivity contribution < 1.29 is 23.9 Å². The fourth-order valence-corrected chi connectivity index (χ4v) is 8.57. The highest BCUT2D eigenvalue weighted by atomic mass is 32.2. The van der Waals surface area contributed by atoms with Gasteiger partial charge in [-0.25, -0.2) is 4.79 Å². The quantitative estimate of drug-likeness (QED) is 0.0712. The van der Waals surface area contributed by atoms with Crippen molar-refractivity contribution in [3.63, 3.8) is 0 Å². The predicted octanol–water partition coefficient (Wildman–Crippen LogP) is 8.85. The zero-order chi connectivity index (χ0) is 36.6. The summed E-state index contributed by atoms with van der Waals surface area (Å²) >= 11 is 2.77. The highest BCUT2D eigenvalue weighted by Crippen LogP contribution is 2.42. The van der Waals surface area contributed by atoms with Gasteiger partial charge in [0.25, 0.3) is 11.8 Å². The van der Waals surface area contributed by atoms with Gasteiger partial charge in [0, 0.05) is 21.0 Å². The van der Waals surface area contributed by atoms with Crippen LogP contribution in [0.15, 0.2) is 120 Å². The summed E-state index contributed by atoms with van der Waals surface area (Å²) in [6.07, 6.45) is 4.23. The van der Waals surface area contributed by atoms with Crippen molar-refractivity contribution in [3.05, 3.63) is 153 Å². The lowest BCUT2D eigenvalue weighted by Crippen LogP contribution is -2.30. The van der Waals surface area contributed by atoms with Crippen molar-refractivity contribution >= 4 is 63.6 Å². The van der Waals surface area contributed by atoms with Crippen LogP contribution in [0.1, 0.15) is 66.4 Å². The molecule has 5 aromatic rings. The minimum Gasteiger partial charge on any atom is -0.465 e. The van der Waals surface area contributed by atoms with Crippen molar-refractivity contribution in [2.45, 2.75) is 43.3 Å². The molecule has 10 heteroatoms. The summed E-state index contributed by atoms with van der Waals surface area (Å²) in [5.74, 6) is -1.15. The molecule has 0 spiro atoms. The number of thioether (sulfide) groups is 1. The summed E-state index contributed by atoms with van der Waals surface area (Å²) < 4.78 is 5.14.